The van der Waals surface area contributed by atoms with Gasteiger partial charge >= 0.3 is 12.0 Å². The van der Waals surface area contributed by atoms with Crippen LogP contribution >= 0.6 is 0 Å². The van der Waals surface area contributed by atoms with Crippen LogP contribution in [0.5, 0.6) is 0 Å². The maximum Gasteiger partial charge on any atom is 0.358 e. The standard InChI is InChI=1S/C12H19N5O4/c1-12(2)8-16(5-6-21-12)11(20)13-3-4-17-7-9(10(18)19)14-15-17/h7H,3-6,8H2,1-2H3,(H,13,20)(H,18,19). The molecule has 1 aliphatic heterocycles. The lowest BCUT2D eigenvalue weighted by Gasteiger charge is -2.38. The highest BCUT2D eigenvalue weighted by Crippen LogP contribution is 2.16. The van der Waals surface area contributed by atoms with E-state index in [1.165, 1.54) is 10.9 Å². The molecule has 2 amide bonds. The van der Waals surface area contributed by atoms with Gasteiger partial charge in [0.25, 0.3) is 0 Å². The van der Waals surface area contributed by atoms with Gasteiger partial charge in [0, 0.05) is 13.1 Å². The Balaban J connectivity index is 1.77. The molecule has 1 saturated heterocycles. The van der Waals surface area contributed by atoms with E-state index in [0.717, 1.165) is 0 Å². The zero-order valence-electron chi connectivity index (χ0n) is 12.1. The largest absolute Gasteiger partial charge is 0.476 e. The third kappa shape index (κ3) is 4.15. The van der Waals surface area contributed by atoms with Crippen molar-refractivity contribution in [1.82, 2.24) is 25.2 Å². The van der Waals surface area contributed by atoms with Crippen LogP contribution in [0, 0.1) is 0 Å². The van der Waals surface area contributed by atoms with Crippen LogP contribution in [0.4, 0.5) is 4.79 Å². The summed E-state index contributed by atoms with van der Waals surface area (Å²) in [5.74, 6) is -1.12. The van der Waals surface area contributed by atoms with Crippen molar-refractivity contribution in [1.29, 1.82) is 0 Å². The van der Waals surface area contributed by atoms with E-state index >= 15 is 0 Å². The molecule has 21 heavy (non-hydrogen) atoms. The summed E-state index contributed by atoms with van der Waals surface area (Å²) in [4.78, 5) is 24.4. The minimum Gasteiger partial charge on any atom is -0.476 e. The van der Waals surface area contributed by atoms with Gasteiger partial charge in [-0.15, -0.1) is 5.10 Å². The normalized spacial score (nSPS) is 17.5. The number of urea groups is 1. The number of hydrogen-bond donors (Lipinski definition) is 2. The Labute approximate surface area is 121 Å². The molecular weight excluding hydrogens is 278 g/mol. The summed E-state index contributed by atoms with van der Waals surface area (Å²) in [7, 11) is 0. The first-order chi connectivity index (χ1) is 9.87. The molecule has 0 atom stereocenters. The molecule has 2 rings (SSSR count). The van der Waals surface area contributed by atoms with E-state index in [0.29, 0.717) is 32.8 Å². The molecule has 1 fully saturated rings. The quantitative estimate of drug-likeness (QED) is 0.796. The number of rotatable bonds is 4. The number of morpholine rings is 1. The number of amides is 2. The summed E-state index contributed by atoms with van der Waals surface area (Å²) in [6, 6.07) is -0.162. The molecule has 0 aromatic carbocycles. The van der Waals surface area contributed by atoms with Crippen LogP contribution < -0.4 is 5.32 Å². The van der Waals surface area contributed by atoms with Crippen LogP contribution in [0.15, 0.2) is 6.20 Å². The van der Waals surface area contributed by atoms with Crippen molar-refractivity contribution in [2.24, 2.45) is 0 Å². The highest BCUT2D eigenvalue weighted by molar-refractivity contribution is 5.84. The van der Waals surface area contributed by atoms with Gasteiger partial charge in [-0.3, -0.25) is 0 Å². The van der Waals surface area contributed by atoms with Gasteiger partial charge in [0.05, 0.1) is 31.5 Å². The van der Waals surface area contributed by atoms with Gasteiger partial charge in [-0.25, -0.2) is 14.3 Å². The van der Waals surface area contributed by atoms with E-state index in [4.69, 9.17) is 9.84 Å². The van der Waals surface area contributed by atoms with Crippen LogP contribution in [0.3, 0.4) is 0 Å². The molecule has 2 N–H and O–H groups in total. The van der Waals surface area contributed by atoms with Crippen molar-refractivity contribution in [3.63, 3.8) is 0 Å². The third-order valence-corrected chi connectivity index (χ3v) is 3.09. The second-order valence-corrected chi connectivity index (χ2v) is 5.43. The molecule has 2 heterocycles. The lowest BCUT2D eigenvalue weighted by atomic mass is 10.1. The molecule has 0 unspecified atom stereocenters. The van der Waals surface area contributed by atoms with Crippen LogP contribution in [0.1, 0.15) is 24.3 Å². The van der Waals surface area contributed by atoms with E-state index in [1.807, 2.05) is 13.8 Å². The molecule has 1 aromatic rings. The van der Waals surface area contributed by atoms with Crippen LogP contribution in [0.2, 0.25) is 0 Å². The number of carboxylic acid groups (broad SMARTS) is 1. The van der Waals surface area contributed by atoms with Gasteiger partial charge in [-0.05, 0) is 13.8 Å². The topological polar surface area (TPSA) is 110 Å². The predicted molar refractivity (Wildman–Crippen MR) is 72.0 cm³/mol. The first-order valence-electron chi connectivity index (χ1n) is 6.67. The molecule has 0 spiro atoms. The van der Waals surface area contributed by atoms with Gasteiger partial charge in [0.15, 0.2) is 5.69 Å². The average molecular weight is 297 g/mol. The SMILES string of the molecule is CC1(C)CN(C(=O)NCCn2cc(C(=O)O)nn2)CCO1. The number of nitrogens with zero attached hydrogens (tertiary/aromatic N) is 4. The third-order valence-electron chi connectivity index (χ3n) is 3.09. The fourth-order valence-electron chi connectivity index (χ4n) is 2.08. The Hall–Kier alpha value is -2.16. The van der Waals surface area contributed by atoms with E-state index in [1.54, 1.807) is 4.90 Å². The van der Waals surface area contributed by atoms with Crippen molar-refractivity contribution in [2.45, 2.75) is 26.0 Å². The Morgan fingerprint density at radius 2 is 2.29 bits per heavy atom. The van der Waals surface area contributed by atoms with Gasteiger partial charge in [-0.1, -0.05) is 5.21 Å². The van der Waals surface area contributed by atoms with Crippen molar-refractivity contribution < 1.29 is 19.4 Å². The van der Waals surface area contributed by atoms with Crippen molar-refractivity contribution in [3.05, 3.63) is 11.9 Å². The Morgan fingerprint density at radius 1 is 1.52 bits per heavy atom. The number of ether oxygens (including phenoxy) is 1. The summed E-state index contributed by atoms with van der Waals surface area (Å²) in [6.45, 7) is 6.20. The predicted octanol–water partition coefficient (Wildman–Crippen LogP) is -0.203. The molecule has 0 aliphatic carbocycles. The van der Waals surface area contributed by atoms with E-state index in [9.17, 15) is 9.59 Å². The molecule has 116 valence electrons. The number of hydrogen-bond acceptors (Lipinski definition) is 5. The van der Waals surface area contributed by atoms with Crippen molar-refractivity contribution in [2.75, 3.05) is 26.2 Å². The molecular formula is C12H19N5O4. The van der Waals surface area contributed by atoms with E-state index < -0.39 is 5.97 Å². The Morgan fingerprint density at radius 3 is 2.90 bits per heavy atom. The number of carbonyl (C=O) groups excluding carboxylic acids is 1. The summed E-state index contributed by atoms with van der Waals surface area (Å²) in [6.07, 6.45) is 1.33. The molecule has 9 heteroatoms. The number of carboxylic acids is 1. The molecule has 9 nitrogen and oxygen atoms in total. The van der Waals surface area contributed by atoms with Gasteiger partial charge < -0.3 is 20.1 Å². The van der Waals surface area contributed by atoms with E-state index in [-0.39, 0.29) is 17.3 Å². The Kier molecular flexibility index (Phi) is 4.41. The van der Waals surface area contributed by atoms with Crippen molar-refractivity contribution in [3.8, 4) is 0 Å². The number of aromatic nitrogens is 3. The Bertz CT molecular complexity index is 527. The second kappa shape index (κ2) is 6.08. The van der Waals surface area contributed by atoms with Crippen LogP contribution in [0.25, 0.3) is 0 Å². The molecule has 0 radical (unpaired) electrons. The highest BCUT2D eigenvalue weighted by Gasteiger charge is 2.29. The summed E-state index contributed by atoms with van der Waals surface area (Å²) >= 11 is 0. The summed E-state index contributed by atoms with van der Waals surface area (Å²) < 4.78 is 6.93. The zero-order chi connectivity index (χ0) is 15.5. The van der Waals surface area contributed by atoms with E-state index in [2.05, 4.69) is 15.6 Å². The van der Waals surface area contributed by atoms with Crippen molar-refractivity contribution >= 4 is 12.0 Å². The fourth-order valence-corrected chi connectivity index (χ4v) is 2.08. The summed E-state index contributed by atoms with van der Waals surface area (Å²) in [5.41, 5.74) is -0.450. The van der Waals surface area contributed by atoms with Gasteiger partial charge in [0.2, 0.25) is 0 Å². The maximum atomic E-state index is 12.0. The summed E-state index contributed by atoms with van der Waals surface area (Å²) in [5, 5.41) is 18.7. The number of carbonyl (C=O) groups is 2. The minimum absolute atomic E-state index is 0.115. The monoisotopic (exact) mass is 297 g/mol. The smallest absolute Gasteiger partial charge is 0.358 e. The molecule has 1 aliphatic rings. The average Bonchev–Trinajstić information content (AvgIpc) is 2.86. The fraction of sp³-hybridized carbons (Fsp3) is 0.667. The first-order valence-corrected chi connectivity index (χ1v) is 6.67. The van der Waals surface area contributed by atoms with Crippen LogP contribution in [-0.4, -0.2) is 68.8 Å². The zero-order valence-corrected chi connectivity index (χ0v) is 12.1. The number of nitrogens with one attached hydrogen (secondary N) is 1. The number of aromatic carboxylic acids is 1. The highest BCUT2D eigenvalue weighted by atomic mass is 16.5. The molecule has 1 aromatic heterocycles. The maximum absolute atomic E-state index is 12.0. The lowest BCUT2D eigenvalue weighted by Crippen LogP contribution is -2.53. The first kappa shape index (κ1) is 15.2. The minimum atomic E-state index is -1.12. The molecule has 0 saturated carbocycles. The lowest BCUT2D eigenvalue weighted by molar-refractivity contribution is -0.0733. The second-order valence-electron chi connectivity index (χ2n) is 5.43. The van der Waals surface area contributed by atoms with Gasteiger partial charge in [0.1, 0.15) is 0 Å². The van der Waals surface area contributed by atoms with Crippen LogP contribution in [-0.2, 0) is 11.3 Å². The van der Waals surface area contributed by atoms with Gasteiger partial charge in [-0.2, -0.15) is 0 Å². The molecule has 0 bridgehead atoms.